The summed E-state index contributed by atoms with van der Waals surface area (Å²) in [5, 5.41) is 16.7. The van der Waals surface area contributed by atoms with Crippen LogP contribution in [0.4, 0.5) is 5.69 Å². The Kier molecular flexibility index (Phi) is 5.79. The molecule has 0 spiro atoms. The van der Waals surface area contributed by atoms with Gasteiger partial charge in [-0.25, -0.2) is 4.98 Å². The summed E-state index contributed by atoms with van der Waals surface area (Å²) in [6.07, 6.45) is 0.894. The number of anilines is 1. The van der Waals surface area contributed by atoms with E-state index in [1.165, 1.54) is 11.3 Å². The molecule has 3 aromatic rings. The van der Waals surface area contributed by atoms with Crippen LogP contribution in [-0.2, 0) is 11.2 Å². The molecule has 0 aliphatic rings. The summed E-state index contributed by atoms with van der Waals surface area (Å²) < 4.78 is 0. The van der Waals surface area contributed by atoms with Crippen LogP contribution in [0, 0.1) is 24.2 Å². The number of hydrogen-bond donors (Lipinski definition) is 1. The number of ketones is 1. The van der Waals surface area contributed by atoms with Gasteiger partial charge in [-0.05, 0) is 42.5 Å². The maximum absolute atomic E-state index is 12.8. The molecule has 2 heterocycles. The number of hydrogen-bond acceptors (Lipinski definition) is 6. The van der Waals surface area contributed by atoms with Crippen LogP contribution in [0.25, 0.3) is 10.6 Å². The zero-order chi connectivity index (χ0) is 19.4. The Morgan fingerprint density at radius 2 is 2.00 bits per heavy atom. The van der Waals surface area contributed by atoms with Crippen molar-refractivity contribution in [1.29, 1.82) is 5.26 Å². The van der Waals surface area contributed by atoms with Gasteiger partial charge in [0.1, 0.15) is 5.01 Å². The third-order valence-electron chi connectivity index (χ3n) is 4.07. The molecule has 27 heavy (non-hydrogen) atoms. The van der Waals surface area contributed by atoms with Gasteiger partial charge in [-0.15, -0.1) is 11.3 Å². The van der Waals surface area contributed by atoms with E-state index in [-0.39, 0.29) is 0 Å². The smallest absolute Gasteiger partial charge is 0.249 e. The molecule has 136 valence electrons. The molecular weight excluding hydrogens is 378 g/mol. The number of aryl methyl sites for hydroxylation is 2. The van der Waals surface area contributed by atoms with E-state index >= 15 is 0 Å². The first-order chi connectivity index (χ1) is 13.0. The lowest BCUT2D eigenvalue weighted by Crippen LogP contribution is -2.28. The Morgan fingerprint density at radius 1 is 1.26 bits per heavy atom. The van der Waals surface area contributed by atoms with Gasteiger partial charge in [-0.3, -0.25) is 9.59 Å². The fraction of sp³-hybridized carbons (Fsp3) is 0.200. The predicted octanol–water partition coefficient (Wildman–Crippen LogP) is 4.70. The van der Waals surface area contributed by atoms with Crippen molar-refractivity contribution >= 4 is 40.1 Å². The second kappa shape index (κ2) is 8.25. The minimum atomic E-state index is -1.41. The van der Waals surface area contributed by atoms with Crippen LogP contribution in [0.15, 0.2) is 41.1 Å². The average molecular weight is 396 g/mol. The average Bonchev–Trinajstić information content (AvgIpc) is 3.32. The molecule has 0 fully saturated rings. The first-order valence-electron chi connectivity index (χ1n) is 8.37. The second-order valence-electron chi connectivity index (χ2n) is 5.91. The highest BCUT2D eigenvalue weighted by atomic mass is 32.1. The van der Waals surface area contributed by atoms with Crippen molar-refractivity contribution in [2.24, 2.45) is 5.92 Å². The van der Waals surface area contributed by atoms with Gasteiger partial charge in [-0.2, -0.15) is 16.6 Å². The lowest BCUT2D eigenvalue weighted by Gasteiger charge is -2.09. The van der Waals surface area contributed by atoms with E-state index in [0.29, 0.717) is 21.3 Å². The molecule has 0 bridgehead atoms. The number of carbonyl (C=O) groups excluding carboxylic acids is 2. The van der Waals surface area contributed by atoms with Crippen LogP contribution in [0.2, 0.25) is 0 Å². The first kappa shape index (κ1) is 19.0. The molecule has 5 nitrogen and oxygen atoms in total. The van der Waals surface area contributed by atoms with E-state index in [1.54, 1.807) is 30.4 Å². The highest BCUT2D eigenvalue weighted by molar-refractivity contribution is 7.17. The molecule has 1 unspecified atom stereocenters. The second-order valence-corrected chi connectivity index (χ2v) is 7.69. The van der Waals surface area contributed by atoms with E-state index in [1.807, 2.05) is 42.0 Å². The van der Waals surface area contributed by atoms with Crippen molar-refractivity contribution in [3.8, 4) is 16.6 Å². The number of rotatable bonds is 6. The first-order valence-corrected chi connectivity index (χ1v) is 10.1. The standard InChI is InChI=1S/C20H17N3O2S2/c1-3-13-4-6-15(7-5-13)23-19(25)16(10-21)17(24)18-12(2)22-20(27-18)14-8-9-26-11-14/h4-9,11,16H,3H2,1-2H3,(H,23,25). The molecule has 1 atom stereocenters. The van der Waals surface area contributed by atoms with Gasteiger partial charge in [0, 0.05) is 16.6 Å². The molecule has 7 heteroatoms. The van der Waals surface area contributed by atoms with E-state index in [0.717, 1.165) is 17.5 Å². The minimum absolute atomic E-state index is 0.347. The Morgan fingerprint density at radius 3 is 2.59 bits per heavy atom. The Balaban J connectivity index is 1.79. The van der Waals surface area contributed by atoms with Gasteiger partial charge >= 0.3 is 0 Å². The molecule has 0 saturated carbocycles. The maximum atomic E-state index is 12.8. The summed E-state index contributed by atoms with van der Waals surface area (Å²) in [5.41, 5.74) is 3.17. The van der Waals surface area contributed by atoms with Crippen molar-refractivity contribution < 1.29 is 9.59 Å². The number of thiazole rings is 1. The molecule has 0 aliphatic heterocycles. The van der Waals surface area contributed by atoms with Crippen molar-refractivity contribution in [3.63, 3.8) is 0 Å². The number of carbonyl (C=O) groups is 2. The van der Waals surface area contributed by atoms with Crippen molar-refractivity contribution in [1.82, 2.24) is 4.98 Å². The van der Waals surface area contributed by atoms with Gasteiger partial charge in [0.25, 0.3) is 0 Å². The number of amides is 1. The number of aromatic nitrogens is 1. The summed E-state index contributed by atoms with van der Waals surface area (Å²) in [6.45, 7) is 3.76. The topological polar surface area (TPSA) is 82.9 Å². The maximum Gasteiger partial charge on any atom is 0.249 e. The third kappa shape index (κ3) is 4.13. The predicted molar refractivity (Wildman–Crippen MR) is 108 cm³/mol. The highest BCUT2D eigenvalue weighted by Crippen LogP contribution is 2.31. The molecule has 1 aromatic carbocycles. The van der Waals surface area contributed by atoms with E-state index in [4.69, 9.17) is 0 Å². The van der Waals surface area contributed by atoms with Gasteiger partial charge < -0.3 is 5.32 Å². The van der Waals surface area contributed by atoms with Crippen LogP contribution in [0.1, 0.15) is 27.9 Å². The molecule has 2 aromatic heterocycles. The van der Waals surface area contributed by atoms with Crippen LogP contribution in [-0.4, -0.2) is 16.7 Å². The Hall–Kier alpha value is -2.82. The minimum Gasteiger partial charge on any atom is -0.325 e. The summed E-state index contributed by atoms with van der Waals surface area (Å²) in [7, 11) is 0. The van der Waals surface area contributed by atoms with Gasteiger partial charge in [-0.1, -0.05) is 19.1 Å². The van der Waals surface area contributed by atoms with Gasteiger partial charge in [0.15, 0.2) is 5.92 Å². The summed E-state index contributed by atoms with van der Waals surface area (Å²) in [4.78, 5) is 30.1. The van der Waals surface area contributed by atoms with Crippen LogP contribution >= 0.6 is 22.7 Å². The van der Waals surface area contributed by atoms with Gasteiger partial charge in [0.2, 0.25) is 11.7 Å². The zero-order valence-corrected chi connectivity index (χ0v) is 16.5. The van der Waals surface area contributed by atoms with Crippen molar-refractivity contribution in [2.75, 3.05) is 5.32 Å². The quantitative estimate of drug-likeness (QED) is 0.484. The number of nitrogens with zero attached hydrogens (tertiary/aromatic N) is 2. The number of Topliss-reactive ketones (excluding diaryl/α,β-unsaturated/α-hetero) is 1. The fourth-order valence-electron chi connectivity index (χ4n) is 2.54. The molecule has 0 saturated heterocycles. The van der Waals surface area contributed by atoms with E-state index < -0.39 is 17.6 Å². The van der Waals surface area contributed by atoms with Crippen LogP contribution in [0.5, 0.6) is 0 Å². The number of nitriles is 1. The van der Waals surface area contributed by atoms with Crippen molar-refractivity contribution in [2.45, 2.75) is 20.3 Å². The van der Waals surface area contributed by atoms with E-state index in [2.05, 4.69) is 10.3 Å². The third-order valence-corrected chi connectivity index (χ3v) is 5.98. The highest BCUT2D eigenvalue weighted by Gasteiger charge is 2.31. The van der Waals surface area contributed by atoms with Crippen molar-refractivity contribution in [3.05, 3.63) is 57.2 Å². The van der Waals surface area contributed by atoms with E-state index in [9.17, 15) is 14.9 Å². The lowest BCUT2D eigenvalue weighted by molar-refractivity contribution is -0.117. The number of nitrogens with one attached hydrogen (secondary N) is 1. The molecule has 1 N–H and O–H groups in total. The Labute approximate surface area is 165 Å². The zero-order valence-electron chi connectivity index (χ0n) is 14.9. The Bertz CT molecular complexity index is 999. The summed E-state index contributed by atoms with van der Waals surface area (Å²) in [6, 6.07) is 11.1. The summed E-state index contributed by atoms with van der Waals surface area (Å²) in [5.74, 6) is -2.56. The molecule has 1 amide bonds. The van der Waals surface area contributed by atoms with Crippen LogP contribution < -0.4 is 5.32 Å². The SMILES string of the molecule is CCc1ccc(NC(=O)C(C#N)C(=O)c2sc(-c3ccsc3)nc2C)cc1. The monoisotopic (exact) mass is 395 g/mol. The normalized spacial score (nSPS) is 11.6. The summed E-state index contributed by atoms with van der Waals surface area (Å²) >= 11 is 2.76. The molecular formula is C20H17N3O2S2. The fourth-order valence-corrected chi connectivity index (χ4v) is 4.29. The largest absolute Gasteiger partial charge is 0.325 e. The van der Waals surface area contributed by atoms with Crippen LogP contribution in [0.3, 0.4) is 0 Å². The molecule has 3 rings (SSSR count). The lowest BCUT2D eigenvalue weighted by atomic mass is 10.0. The number of thiophene rings is 1. The number of benzene rings is 1. The molecule has 0 radical (unpaired) electrons. The van der Waals surface area contributed by atoms with Gasteiger partial charge in [0.05, 0.1) is 16.6 Å². The molecule has 0 aliphatic carbocycles.